The summed E-state index contributed by atoms with van der Waals surface area (Å²) in [5, 5.41) is 3.21. The lowest BCUT2D eigenvalue weighted by atomic mass is 10.3. The van der Waals surface area contributed by atoms with Crippen LogP contribution in [0.25, 0.3) is 0 Å². The Labute approximate surface area is 124 Å². The number of likely N-dealkylation sites (N-methyl/N-ethyl adjacent to an activating group) is 1. The third kappa shape index (κ3) is 3.90. The molecule has 0 aliphatic carbocycles. The number of aromatic nitrogens is 2. The van der Waals surface area contributed by atoms with Crippen molar-refractivity contribution in [3.05, 3.63) is 17.6 Å². The second-order valence-corrected chi connectivity index (χ2v) is 5.24. The van der Waals surface area contributed by atoms with E-state index in [1.54, 1.807) is 7.05 Å². The van der Waals surface area contributed by atoms with E-state index in [1.165, 1.54) is 9.80 Å². The number of piperazine rings is 1. The van der Waals surface area contributed by atoms with Crippen LogP contribution in [-0.2, 0) is 16.1 Å². The van der Waals surface area contributed by atoms with Crippen molar-refractivity contribution in [3.8, 4) is 0 Å². The topological polar surface area (TPSA) is 78.4 Å². The van der Waals surface area contributed by atoms with Gasteiger partial charge in [-0.1, -0.05) is 6.92 Å². The van der Waals surface area contributed by atoms with Gasteiger partial charge in [0.15, 0.2) is 0 Å². The smallest absolute Gasteiger partial charge is 0.243 e. The molecule has 2 amide bonds. The molecule has 114 valence electrons. The Morgan fingerprint density at radius 2 is 2.00 bits per heavy atom. The molecule has 0 bridgehead atoms. The minimum absolute atomic E-state index is 0.0633. The Hall–Kier alpha value is -2.18. The zero-order chi connectivity index (χ0) is 15.4. The molecule has 7 heteroatoms. The van der Waals surface area contributed by atoms with Gasteiger partial charge in [0, 0.05) is 25.4 Å². The van der Waals surface area contributed by atoms with Crippen molar-refractivity contribution in [1.29, 1.82) is 0 Å². The van der Waals surface area contributed by atoms with Gasteiger partial charge in [-0.2, -0.15) is 0 Å². The van der Waals surface area contributed by atoms with Crippen LogP contribution in [0.3, 0.4) is 0 Å². The molecule has 2 rings (SSSR count). The van der Waals surface area contributed by atoms with Crippen molar-refractivity contribution in [2.45, 2.75) is 26.8 Å². The predicted octanol–water partition coefficient (Wildman–Crippen LogP) is 0.408. The molecule has 1 aliphatic heterocycles. The van der Waals surface area contributed by atoms with Crippen molar-refractivity contribution < 1.29 is 9.59 Å². The Kier molecular flexibility index (Phi) is 4.72. The molecule has 1 aliphatic rings. The second-order valence-electron chi connectivity index (χ2n) is 5.24. The molecule has 1 aromatic heterocycles. The first kappa shape index (κ1) is 15.2. The SMILES string of the molecule is CCCNc1cc(C)nc(CN2CC(=O)N(C)CC2=O)n1. The molecule has 0 atom stereocenters. The minimum Gasteiger partial charge on any atom is -0.370 e. The van der Waals surface area contributed by atoms with Gasteiger partial charge in [-0.15, -0.1) is 0 Å². The Morgan fingerprint density at radius 1 is 1.24 bits per heavy atom. The maximum absolute atomic E-state index is 12.0. The molecular weight excluding hydrogens is 270 g/mol. The van der Waals surface area contributed by atoms with E-state index in [-0.39, 0.29) is 31.4 Å². The zero-order valence-electron chi connectivity index (χ0n) is 12.7. The first-order chi connectivity index (χ1) is 9.99. The van der Waals surface area contributed by atoms with Crippen LogP contribution in [0, 0.1) is 6.92 Å². The predicted molar refractivity (Wildman–Crippen MR) is 78.6 cm³/mol. The van der Waals surface area contributed by atoms with Crippen LogP contribution in [-0.4, -0.2) is 58.3 Å². The van der Waals surface area contributed by atoms with Crippen molar-refractivity contribution in [2.75, 3.05) is 32.0 Å². The zero-order valence-corrected chi connectivity index (χ0v) is 12.7. The standard InChI is InChI=1S/C14H21N5O2/c1-4-5-15-11-6-10(2)16-12(17-11)7-19-9-13(20)18(3)8-14(19)21/h6H,4-5,7-9H2,1-3H3,(H,15,16,17). The maximum atomic E-state index is 12.0. The molecule has 0 aromatic carbocycles. The number of nitrogens with one attached hydrogen (secondary N) is 1. The molecule has 0 radical (unpaired) electrons. The highest BCUT2D eigenvalue weighted by Gasteiger charge is 2.28. The molecule has 7 nitrogen and oxygen atoms in total. The van der Waals surface area contributed by atoms with E-state index in [0.717, 1.165) is 24.5 Å². The summed E-state index contributed by atoms with van der Waals surface area (Å²) in [6.45, 7) is 5.27. The van der Waals surface area contributed by atoms with Crippen LogP contribution in [0.15, 0.2) is 6.07 Å². The average molecular weight is 291 g/mol. The number of nitrogens with zero attached hydrogens (tertiary/aromatic N) is 4. The molecular formula is C14H21N5O2. The van der Waals surface area contributed by atoms with Crippen LogP contribution in [0.1, 0.15) is 24.9 Å². The largest absolute Gasteiger partial charge is 0.370 e. The fourth-order valence-electron chi connectivity index (χ4n) is 2.12. The van der Waals surface area contributed by atoms with Gasteiger partial charge in [0.2, 0.25) is 11.8 Å². The normalized spacial score (nSPS) is 15.6. The summed E-state index contributed by atoms with van der Waals surface area (Å²) in [5.41, 5.74) is 0.839. The van der Waals surface area contributed by atoms with Gasteiger partial charge in [-0.3, -0.25) is 9.59 Å². The number of amides is 2. The van der Waals surface area contributed by atoms with Gasteiger partial charge in [-0.05, 0) is 13.3 Å². The third-order valence-electron chi connectivity index (χ3n) is 3.27. The molecule has 1 saturated heterocycles. The number of aryl methyl sites for hydroxylation is 1. The lowest BCUT2D eigenvalue weighted by molar-refractivity contribution is -0.149. The lowest BCUT2D eigenvalue weighted by Gasteiger charge is -2.31. The van der Waals surface area contributed by atoms with Crippen LogP contribution >= 0.6 is 0 Å². The van der Waals surface area contributed by atoms with E-state index in [0.29, 0.717) is 5.82 Å². The maximum Gasteiger partial charge on any atom is 0.243 e. The van der Waals surface area contributed by atoms with Gasteiger partial charge in [0.05, 0.1) is 13.1 Å². The molecule has 0 unspecified atom stereocenters. The highest BCUT2D eigenvalue weighted by molar-refractivity contribution is 5.92. The van der Waals surface area contributed by atoms with Gasteiger partial charge < -0.3 is 15.1 Å². The average Bonchev–Trinajstić information content (AvgIpc) is 2.42. The molecule has 21 heavy (non-hydrogen) atoms. The quantitative estimate of drug-likeness (QED) is 0.850. The third-order valence-corrected chi connectivity index (χ3v) is 3.27. The lowest BCUT2D eigenvalue weighted by Crippen LogP contribution is -2.51. The van der Waals surface area contributed by atoms with E-state index in [9.17, 15) is 9.59 Å². The van der Waals surface area contributed by atoms with Gasteiger partial charge >= 0.3 is 0 Å². The molecule has 0 saturated carbocycles. The van der Waals surface area contributed by atoms with Crippen LogP contribution < -0.4 is 5.32 Å². The van der Waals surface area contributed by atoms with E-state index in [1.807, 2.05) is 13.0 Å². The molecule has 1 aromatic rings. The summed E-state index contributed by atoms with van der Waals surface area (Å²) in [6, 6.07) is 1.87. The first-order valence-corrected chi connectivity index (χ1v) is 7.09. The monoisotopic (exact) mass is 291 g/mol. The summed E-state index contributed by atoms with van der Waals surface area (Å²) in [6.07, 6.45) is 1.00. The number of hydrogen-bond donors (Lipinski definition) is 1. The summed E-state index contributed by atoms with van der Waals surface area (Å²) in [4.78, 5) is 35.3. The Balaban J connectivity index is 2.10. The van der Waals surface area contributed by atoms with Crippen LogP contribution in [0.5, 0.6) is 0 Å². The molecule has 1 N–H and O–H groups in total. The van der Waals surface area contributed by atoms with E-state index < -0.39 is 0 Å². The van der Waals surface area contributed by atoms with Crippen molar-refractivity contribution >= 4 is 17.6 Å². The van der Waals surface area contributed by atoms with Crippen LogP contribution in [0.2, 0.25) is 0 Å². The summed E-state index contributed by atoms with van der Waals surface area (Å²) in [5.74, 6) is 1.17. The number of hydrogen-bond acceptors (Lipinski definition) is 5. The molecule has 2 heterocycles. The van der Waals surface area contributed by atoms with Crippen molar-refractivity contribution in [3.63, 3.8) is 0 Å². The minimum atomic E-state index is -0.0785. The number of rotatable bonds is 5. The highest BCUT2D eigenvalue weighted by atomic mass is 16.2. The fraction of sp³-hybridized carbons (Fsp3) is 0.571. The summed E-state index contributed by atoms with van der Waals surface area (Å²) in [7, 11) is 1.63. The van der Waals surface area contributed by atoms with E-state index in [2.05, 4.69) is 22.2 Å². The second kappa shape index (κ2) is 6.51. The van der Waals surface area contributed by atoms with Gasteiger partial charge in [-0.25, -0.2) is 9.97 Å². The molecule has 0 spiro atoms. The van der Waals surface area contributed by atoms with E-state index in [4.69, 9.17) is 0 Å². The fourth-order valence-corrected chi connectivity index (χ4v) is 2.12. The number of carbonyl (C=O) groups is 2. The van der Waals surface area contributed by atoms with Crippen LogP contribution in [0.4, 0.5) is 5.82 Å². The Morgan fingerprint density at radius 3 is 2.71 bits per heavy atom. The number of anilines is 1. The van der Waals surface area contributed by atoms with Crippen molar-refractivity contribution in [1.82, 2.24) is 19.8 Å². The van der Waals surface area contributed by atoms with Gasteiger partial charge in [0.1, 0.15) is 18.2 Å². The Bertz CT molecular complexity index is 546. The van der Waals surface area contributed by atoms with Gasteiger partial charge in [0.25, 0.3) is 0 Å². The van der Waals surface area contributed by atoms with Crippen molar-refractivity contribution in [2.24, 2.45) is 0 Å². The number of carbonyl (C=O) groups excluding carboxylic acids is 2. The summed E-state index contributed by atoms with van der Waals surface area (Å²) < 4.78 is 0. The summed E-state index contributed by atoms with van der Waals surface area (Å²) >= 11 is 0. The van der Waals surface area contributed by atoms with E-state index >= 15 is 0 Å². The highest BCUT2D eigenvalue weighted by Crippen LogP contribution is 2.11. The molecule has 1 fully saturated rings. The first-order valence-electron chi connectivity index (χ1n) is 7.09.